The number of aliphatic carboxylic acids is 1. The largest absolute Gasteiger partial charge is 0.493 e. The summed E-state index contributed by atoms with van der Waals surface area (Å²) in [4.78, 5) is 24.1. The summed E-state index contributed by atoms with van der Waals surface area (Å²) in [5, 5.41) is 12.0. The van der Waals surface area contributed by atoms with Crippen LogP contribution in [0.1, 0.15) is 15.9 Å². The topological polar surface area (TPSA) is 94.1 Å². The van der Waals surface area contributed by atoms with Crippen molar-refractivity contribution >= 4 is 11.9 Å². The number of carboxylic acid groups (broad SMARTS) is 1. The van der Waals surface area contributed by atoms with Gasteiger partial charge in [0.1, 0.15) is 6.04 Å². The molecule has 7 heteroatoms. The van der Waals surface area contributed by atoms with E-state index < -0.39 is 17.9 Å². The zero-order valence-corrected chi connectivity index (χ0v) is 14.8. The maximum absolute atomic E-state index is 12.6. The van der Waals surface area contributed by atoms with E-state index in [1.807, 2.05) is 30.3 Å². The monoisotopic (exact) mass is 359 g/mol. The Kier molecular flexibility index (Phi) is 6.43. The highest BCUT2D eigenvalue weighted by Gasteiger charge is 2.23. The van der Waals surface area contributed by atoms with Crippen LogP contribution in [0.5, 0.6) is 17.2 Å². The molecule has 0 aliphatic rings. The van der Waals surface area contributed by atoms with Gasteiger partial charge in [0.05, 0.1) is 21.3 Å². The Morgan fingerprint density at radius 3 is 2.04 bits per heavy atom. The average molecular weight is 359 g/mol. The Morgan fingerprint density at radius 1 is 1.00 bits per heavy atom. The fourth-order valence-electron chi connectivity index (χ4n) is 2.50. The number of ether oxygens (including phenoxy) is 3. The van der Waals surface area contributed by atoms with Crippen LogP contribution in [0.2, 0.25) is 0 Å². The highest BCUT2D eigenvalue weighted by atomic mass is 16.5. The van der Waals surface area contributed by atoms with Crippen molar-refractivity contribution in [1.29, 1.82) is 0 Å². The molecule has 0 radical (unpaired) electrons. The number of hydrogen-bond acceptors (Lipinski definition) is 5. The van der Waals surface area contributed by atoms with E-state index in [1.165, 1.54) is 33.5 Å². The molecule has 2 rings (SSSR count). The molecule has 0 bridgehead atoms. The molecule has 0 spiro atoms. The minimum absolute atomic E-state index is 0.173. The van der Waals surface area contributed by atoms with Gasteiger partial charge in [0.15, 0.2) is 11.5 Å². The SMILES string of the molecule is COc1cc(C(=O)N[C@H](Cc2ccccc2)C(=O)O)cc(OC)c1OC. The number of amides is 1. The van der Waals surface area contributed by atoms with Crippen LogP contribution < -0.4 is 19.5 Å². The first kappa shape index (κ1) is 19.1. The smallest absolute Gasteiger partial charge is 0.326 e. The quantitative estimate of drug-likeness (QED) is 0.750. The first-order valence-electron chi connectivity index (χ1n) is 7.87. The first-order chi connectivity index (χ1) is 12.5. The molecule has 1 amide bonds. The van der Waals surface area contributed by atoms with Crippen LogP contribution in [0.15, 0.2) is 42.5 Å². The van der Waals surface area contributed by atoms with E-state index in [2.05, 4.69) is 5.32 Å². The third-order valence-corrected chi connectivity index (χ3v) is 3.81. The van der Waals surface area contributed by atoms with E-state index >= 15 is 0 Å². The number of rotatable bonds is 8. The lowest BCUT2D eigenvalue weighted by Crippen LogP contribution is -2.42. The van der Waals surface area contributed by atoms with E-state index in [0.717, 1.165) is 5.56 Å². The van der Waals surface area contributed by atoms with Gasteiger partial charge in [-0.05, 0) is 17.7 Å². The summed E-state index contributed by atoms with van der Waals surface area (Å²) in [7, 11) is 4.34. The fraction of sp³-hybridized carbons (Fsp3) is 0.263. The molecule has 0 aromatic heterocycles. The molecular weight excluding hydrogens is 338 g/mol. The van der Waals surface area contributed by atoms with E-state index in [-0.39, 0.29) is 12.0 Å². The van der Waals surface area contributed by atoms with Crippen LogP contribution in [-0.2, 0) is 11.2 Å². The Balaban J connectivity index is 2.25. The lowest BCUT2D eigenvalue weighted by Gasteiger charge is -2.17. The molecule has 0 saturated carbocycles. The minimum atomic E-state index is -1.12. The van der Waals surface area contributed by atoms with Crippen LogP contribution in [0.25, 0.3) is 0 Å². The summed E-state index contributed by atoms with van der Waals surface area (Å²) >= 11 is 0. The number of hydrogen-bond donors (Lipinski definition) is 2. The molecule has 0 unspecified atom stereocenters. The maximum Gasteiger partial charge on any atom is 0.326 e. The van der Waals surface area contributed by atoms with Crippen molar-refractivity contribution in [3.63, 3.8) is 0 Å². The Hall–Kier alpha value is -3.22. The Labute approximate surface area is 151 Å². The lowest BCUT2D eigenvalue weighted by atomic mass is 10.1. The number of carbonyl (C=O) groups excluding carboxylic acids is 1. The molecule has 7 nitrogen and oxygen atoms in total. The van der Waals surface area contributed by atoms with E-state index in [0.29, 0.717) is 17.2 Å². The van der Waals surface area contributed by atoms with Crippen LogP contribution in [0.3, 0.4) is 0 Å². The molecule has 26 heavy (non-hydrogen) atoms. The van der Waals surface area contributed by atoms with Crippen molar-refractivity contribution in [1.82, 2.24) is 5.32 Å². The van der Waals surface area contributed by atoms with Gasteiger partial charge in [-0.3, -0.25) is 4.79 Å². The molecule has 0 saturated heterocycles. The molecule has 0 aliphatic carbocycles. The van der Waals surface area contributed by atoms with E-state index in [1.54, 1.807) is 0 Å². The Morgan fingerprint density at radius 2 is 1.58 bits per heavy atom. The summed E-state index contributed by atoms with van der Waals surface area (Å²) in [6, 6.07) is 11.0. The number of nitrogens with one attached hydrogen (secondary N) is 1. The summed E-state index contributed by atoms with van der Waals surface area (Å²) in [5.41, 5.74) is 1.02. The zero-order chi connectivity index (χ0) is 19.1. The molecule has 2 N–H and O–H groups in total. The minimum Gasteiger partial charge on any atom is -0.493 e. The van der Waals surface area contributed by atoms with Gasteiger partial charge in [-0.1, -0.05) is 30.3 Å². The van der Waals surface area contributed by atoms with Crippen molar-refractivity contribution in [3.8, 4) is 17.2 Å². The summed E-state index contributed by atoms with van der Waals surface area (Å²) in [6.45, 7) is 0. The number of methoxy groups -OCH3 is 3. The highest BCUT2D eigenvalue weighted by Crippen LogP contribution is 2.38. The Bertz CT molecular complexity index is 750. The molecule has 0 heterocycles. The van der Waals surface area contributed by atoms with Crippen LogP contribution in [0, 0.1) is 0 Å². The average Bonchev–Trinajstić information content (AvgIpc) is 2.66. The second-order valence-electron chi connectivity index (χ2n) is 5.47. The van der Waals surface area contributed by atoms with Crippen molar-refractivity contribution in [2.45, 2.75) is 12.5 Å². The lowest BCUT2D eigenvalue weighted by molar-refractivity contribution is -0.139. The molecule has 2 aromatic carbocycles. The standard InChI is InChI=1S/C19H21NO6/c1-24-15-10-13(11-16(25-2)17(15)26-3)18(21)20-14(19(22)23)9-12-7-5-4-6-8-12/h4-8,10-11,14H,9H2,1-3H3,(H,20,21)(H,22,23)/t14-/m1/s1. The molecule has 2 aromatic rings. The number of carbonyl (C=O) groups is 2. The second-order valence-corrected chi connectivity index (χ2v) is 5.47. The molecule has 0 fully saturated rings. The van der Waals surface area contributed by atoms with Gasteiger partial charge in [-0.15, -0.1) is 0 Å². The van der Waals surface area contributed by atoms with Crippen LogP contribution in [-0.4, -0.2) is 44.4 Å². The zero-order valence-electron chi connectivity index (χ0n) is 14.8. The highest BCUT2D eigenvalue weighted by molar-refractivity contribution is 5.97. The van der Waals surface area contributed by atoms with Gasteiger partial charge in [0.25, 0.3) is 5.91 Å². The molecule has 0 aliphatic heterocycles. The second kappa shape index (κ2) is 8.75. The fourth-order valence-corrected chi connectivity index (χ4v) is 2.50. The van der Waals surface area contributed by atoms with Crippen molar-refractivity contribution in [3.05, 3.63) is 53.6 Å². The number of carboxylic acids is 1. The van der Waals surface area contributed by atoms with Crippen molar-refractivity contribution in [2.24, 2.45) is 0 Å². The van der Waals surface area contributed by atoms with Crippen LogP contribution >= 0.6 is 0 Å². The normalized spacial score (nSPS) is 11.3. The van der Waals surface area contributed by atoms with Gasteiger partial charge in [0.2, 0.25) is 5.75 Å². The van der Waals surface area contributed by atoms with Gasteiger partial charge in [0, 0.05) is 12.0 Å². The van der Waals surface area contributed by atoms with Crippen molar-refractivity contribution in [2.75, 3.05) is 21.3 Å². The maximum atomic E-state index is 12.6. The van der Waals surface area contributed by atoms with E-state index in [9.17, 15) is 14.7 Å². The third kappa shape index (κ3) is 4.44. The predicted molar refractivity (Wildman–Crippen MR) is 95.1 cm³/mol. The number of benzene rings is 2. The van der Waals surface area contributed by atoms with Gasteiger partial charge >= 0.3 is 5.97 Å². The van der Waals surface area contributed by atoms with Crippen LogP contribution in [0.4, 0.5) is 0 Å². The van der Waals surface area contributed by atoms with E-state index in [4.69, 9.17) is 14.2 Å². The van der Waals surface area contributed by atoms with Crippen molar-refractivity contribution < 1.29 is 28.9 Å². The summed E-state index contributed by atoms with van der Waals surface area (Å²) in [5.74, 6) is -0.688. The first-order valence-corrected chi connectivity index (χ1v) is 7.87. The third-order valence-electron chi connectivity index (χ3n) is 3.81. The van der Waals surface area contributed by atoms with Gasteiger partial charge in [-0.25, -0.2) is 4.79 Å². The molecular formula is C19H21NO6. The molecule has 1 atom stereocenters. The predicted octanol–water partition coefficient (Wildman–Crippen LogP) is 2.14. The molecule has 138 valence electrons. The summed E-state index contributed by atoms with van der Waals surface area (Å²) in [6.07, 6.45) is 0.173. The van der Waals surface area contributed by atoms with Gasteiger partial charge < -0.3 is 24.6 Å². The van der Waals surface area contributed by atoms with Gasteiger partial charge in [-0.2, -0.15) is 0 Å². The summed E-state index contributed by atoms with van der Waals surface area (Å²) < 4.78 is 15.6.